The number of hydrogen-bond donors (Lipinski definition) is 3. The first-order chi connectivity index (χ1) is 12.8. The summed E-state index contributed by atoms with van der Waals surface area (Å²) < 4.78 is 40.4. The second-order valence-electron chi connectivity index (χ2n) is 6.15. The number of aromatic nitrogens is 2. The van der Waals surface area contributed by atoms with Crippen LogP contribution in [0.1, 0.15) is 29.2 Å². The van der Waals surface area contributed by atoms with E-state index in [9.17, 15) is 22.8 Å². The van der Waals surface area contributed by atoms with Crippen LogP contribution < -0.4 is 15.8 Å². The van der Waals surface area contributed by atoms with Crippen LogP contribution in [0.5, 0.6) is 0 Å². The molecule has 2 heterocycles. The highest BCUT2D eigenvalue weighted by molar-refractivity contribution is 5.66. The second-order valence-corrected chi connectivity index (χ2v) is 6.15. The lowest BCUT2D eigenvalue weighted by molar-refractivity contribution is -0.138. The third kappa shape index (κ3) is 3.95. The molecule has 0 aliphatic carbocycles. The van der Waals surface area contributed by atoms with Gasteiger partial charge >= 0.3 is 12.1 Å². The number of nitrogens with zero attached hydrogens (tertiary/aromatic N) is 2. The van der Waals surface area contributed by atoms with Crippen LogP contribution in [0, 0.1) is 0 Å². The molecule has 0 amide bonds. The van der Waals surface area contributed by atoms with E-state index < -0.39 is 29.3 Å². The highest BCUT2D eigenvalue weighted by Gasteiger charge is 2.41. The van der Waals surface area contributed by atoms with Gasteiger partial charge in [0.1, 0.15) is 5.56 Å². The molecule has 3 N–H and O–H groups in total. The van der Waals surface area contributed by atoms with E-state index in [1.165, 1.54) is 4.90 Å². The molecule has 3 rings (SSSR count). The fourth-order valence-electron chi connectivity index (χ4n) is 3.25. The van der Waals surface area contributed by atoms with Crippen molar-refractivity contribution in [2.24, 2.45) is 0 Å². The van der Waals surface area contributed by atoms with Crippen LogP contribution in [-0.4, -0.2) is 34.4 Å². The maximum atomic E-state index is 13.5. The zero-order valence-electron chi connectivity index (χ0n) is 14.1. The number of hydrogen-bond acceptors (Lipinski definition) is 5. The number of H-pyrrole nitrogens is 1. The molecule has 1 unspecified atom stereocenters. The lowest BCUT2D eigenvalue weighted by Gasteiger charge is -2.29. The Labute approximate surface area is 151 Å². The molecule has 1 aromatic carbocycles. The number of aromatic amines is 1. The van der Waals surface area contributed by atoms with Gasteiger partial charge in [0.15, 0.2) is 0 Å². The van der Waals surface area contributed by atoms with Gasteiger partial charge in [0.2, 0.25) is 0 Å². The molecule has 1 aliphatic rings. The summed E-state index contributed by atoms with van der Waals surface area (Å²) in [5.74, 6) is -0.968. The Hall–Kier alpha value is -2.88. The first-order valence-electron chi connectivity index (χ1n) is 8.21. The molecule has 0 fully saturated rings. The number of halogens is 3. The molecule has 144 valence electrons. The summed E-state index contributed by atoms with van der Waals surface area (Å²) >= 11 is 0. The second kappa shape index (κ2) is 7.39. The minimum atomic E-state index is -4.83. The van der Waals surface area contributed by atoms with E-state index in [4.69, 9.17) is 5.11 Å². The average molecular weight is 382 g/mol. The Bertz CT molecular complexity index is 897. The van der Waals surface area contributed by atoms with Crippen LogP contribution in [0.15, 0.2) is 35.3 Å². The molecule has 0 saturated heterocycles. The van der Waals surface area contributed by atoms with Crippen molar-refractivity contribution in [3.63, 3.8) is 0 Å². The third-order valence-electron chi connectivity index (χ3n) is 4.41. The van der Waals surface area contributed by atoms with Crippen molar-refractivity contribution >= 4 is 11.7 Å². The van der Waals surface area contributed by atoms with E-state index in [1.54, 1.807) is 12.1 Å². The van der Waals surface area contributed by atoms with Gasteiger partial charge in [-0.05, 0) is 11.1 Å². The normalized spacial score (nSPS) is 16.4. The van der Waals surface area contributed by atoms with Crippen LogP contribution in [-0.2, 0) is 17.5 Å². The van der Waals surface area contributed by atoms with Gasteiger partial charge in [-0.2, -0.15) is 18.3 Å². The van der Waals surface area contributed by atoms with Crippen molar-refractivity contribution in [3.8, 4) is 0 Å². The smallest absolute Gasteiger partial charge is 0.423 e. The van der Waals surface area contributed by atoms with Gasteiger partial charge in [-0.3, -0.25) is 9.59 Å². The Morgan fingerprint density at radius 1 is 1.37 bits per heavy atom. The minimum absolute atomic E-state index is 0.102. The zero-order valence-corrected chi connectivity index (χ0v) is 14.1. The Balaban J connectivity index is 1.96. The lowest BCUT2D eigenvalue weighted by Crippen LogP contribution is -2.35. The number of fused-ring (bicyclic) bond motifs is 1. The van der Waals surface area contributed by atoms with Crippen LogP contribution in [0.3, 0.4) is 0 Å². The molecule has 1 atom stereocenters. The third-order valence-corrected chi connectivity index (χ3v) is 4.41. The van der Waals surface area contributed by atoms with Crippen molar-refractivity contribution in [1.82, 2.24) is 15.5 Å². The van der Waals surface area contributed by atoms with Gasteiger partial charge in [0.25, 0.3) is 5.56 Å². The first kappa shape index (κ1) is 18.9. The van der Waals surface area contributed by atoms with E-state index in [1.807, 2.05) is 17.2 Å². The molecule has 7 nitrogen and oxygen atoms in total. The minimum Gasteiger partial charge on any atom is -0.481 e. The predicted octanol–water partition coefficient (Wildman–Crippen LogP) is 1.91. The van der Waals surface area contributed by atoms with Gasteiger partial charge in [-0.15, -0.1) is 0 Å². The van der Waals surface area contributed by atoms with Crippen LogP contribution in [0.2, 0.25) is 0 Å². The highest BCUT2D eigenvalue weighted by Crippen LogP contribution is 2.41. The Kier molecular flexibility index (Phi) is 5.17. The van der Waals surface area contributed by atoms with Gasteiger partial charge in [-0.1, -0.05) is 24.3 Å². The number of carboxylic acids is 1. The largest absolute Gasteiger partial charge is 0.481 e. The van der Waals surface area contributed by atoms with Gasteiger partial charge in [0.05, 0.1) is 24.3 Å². The summed E-state index contributed by atoms with van der Waals surface area (Å²) in [5.41, 5.74) is -1.22. The molecule has 2 aromatic rings. The van der Waals surface area contributed by atoms with Gasteiger partial charge in [-0.25, -0.2) is 5.10 Å². The number of anilines is 1. The predicted molar refractivity (Wildman–Crippen MR) is 90.3 cm³/mol. The number of aliphatic carboxylic acids is 1. The topological polar surface area (TPSA) is 98.3 Å². The van der Waals surface area contributed by atoms with Gasteiger partial charge in [0, 0.05) is 19.6 Å². The van der Waals surface area contributed by atoms with Crippen molar-refractivity contribution in [2.75, 3.05) is 18.0 Å². The summed E-state index contributed by atoms with van der Waals surface area (Å²) in [7, 11) is 0. The summed E-state index contributed by atoms with van der Waals surface area (Å²) in [6, 6.07) is 6.71. The van der Waals surface area contributed by atoms with Crippen molar-refractivity contribution in [2.45, 2.75) is 25.2 Å². The van der Waals surface area contributed by atoms with Crippen molar-refractivity contribution in [1.29, 1.82) is 0 Å². The number of carbonyl (C=O) groups is 1. The van der Waals surface area contributed by atoms with E-state index in [2.05, 4.69) is 10.4 Å². The Morgan fingerprint density at radius 2 is 2.11 bits per heavy atom. The van der Waals surface area contributed by atoms with E-state index >= 15 is 0 Å². The van der Waals surface area contributed by atoms with Crippen LogP contribution in [0.4, 0.5) is 18.9 Å². The van der Waals surface area contributed by atoms with Crippen molar-refractivity contribution < 1.29 is 23.1 Å². The molecular weight excluding hydrogens is 365 g/mol. The summed E-state index contributed by atoms with van der Waals surface area (Å²) in [6.45, 7) is 0.603. The molecule has 27 heavy (non-hydrogen) atoms. The summed E-state index contributed by atoms with van der Waals surface area (Å²) in [6.07, 6.45) is -3.93. The standard InChI is InChI=1S/C17H17F3N4O3/c18-17(19,20)15-13(8-22-23-16(15)27)24-9-10-3-1-2-4-11(10)12(24)7-21-6-5-14(25)26/h1-4,8,12,21H,5-7,9H2,(H,23,27)(H,25,26). The maximum absolute atomic E-state index is 13.5. The summed E-state index contributed by atoms with van der Waals surface area (Å²) in [5, 5.41) is 17.1. The highest BCUT2D eigenvalue weighted by atomic mass is 19.4. The average Bonchev–Trinajstić information content (AvgIpc) is 2.96. The number of rotatable bonds is 6. The molecule has 0 bridgehead atoms. The lowest BCUT2D eigenvalue weighted by atomic mass is 10.0. The van der Waals surface area contributed by atoms with Crippen LogP contribution in [0.25, 0.3) is 0 Å². The molecule has 0 spiro atoms. The number of alkyl halides is 3. The van der Waals surface area contributed by atoms with Crippen molar-refractivity contribution in [3.05, 3.63) is 57.5 Å². The van der Waals surface area contributed by atoms with Crippen LogP contribution >= 0.6 is 0 Å². The fraction of sp³-hybridized carbons (Fsp3) is 0.353. The summed E-state index contributed by atoms with van der Waals surface area (Å²) in [4.78, 5) is 23.9. The van der Waals surface area contributed by atoms with Gasteiger partial charge < -0.3 is 15.3 Å². The zero-order chi connectivity index (χ0) is 19.6. The molecule has 10 heteroatoms. The molecule has 1 aliphatic heterocycles. The molecule has 1 aromatic heterocycles. The fourth-order valence-corrected chi connectivity index (χ4v) is 3.25. The molecule has 0 saturated carbocycles. The van der Waals surface area contributed by atoms with E-state index in [-0.39, 0.29) is 31.7 Å². The Morgan fingerprint density at radius 3 is 2.81 bits per heavy atom. The number of nitrogens with one attached hydrogen (secondary N) is 2. The molecular formula is C17H17F3N4O3. The molecule has 0 radical (unpaired) electrons. The first-order valence-corrected chi connectivity index (χ1v) is 8.21. The maximum Gasteiger partial charge on any atom is 0.423 e. The number of carboxylic acid groups (broad SMARTS) is 1. The number of benzene rings is 1. The van der Waals surface area contributed by atoms with E-state index in [0.717, 1.165) is 17.3 Å². The monoisotopic (exact) mass is 382 g/mol. The SMILES string of the molecule is O=C(O)CCNCC1c2ccccc2CN1c1cn[nH]c(=O)c1C(F)(F)F. The van der Waals surface area contributed by atoms with E-state index in [0.29, 0.717) is 0 Å². The quantitative estimate of drug-likeness (QED) is 0.661.